The van der Waals surface area contributed by atoms with Gasteiger partial charge in [-0.1, -0.05) is 23.2 Å². The summed E-state index contributed by atoms with van der Waals surface area (Å²) >= 11 is 14.0. The third-order valence-electron chi connectivity index (χ3n) is 3.62. The number of sulfone groups is 1. The number of thiophene rings is 1. The van der Waals surface area contributed by atoms with Gasteiger partial charge in [-0.05, 0) is 18.6 Å². The van der Waals surface area contributed by atoms with Crippen LogP contribution in [0.2, 0.25) is 10.2 Å². The first-order valence-electron chi connectivity index (χ1n) is 7.70. The molecule has 0 saturated carbocycles. The zero-order chi connectivity index (χ0) is 18.9. The van der Waals surface area contributed by atoms with E-state index in [-0.39, 0.29) is 30.6 Å². The average Bonchev–Trinajstić information content (AvgIpc) is 3.13. The van der Waals surface area contributed by atoms with Crippen molar-refractivity contribution in [1.29, 1.82) is 0 Å². The summed E-state index contributed by atoms with van der Waals surface area (Å²) in [5, 5.41) is 4.04. The van der Waals surface area contributed by atoms with E-state index in [2.05, 4.69) is 10.3 Å². The standard InChI is InChI=1S/C16H17Cl2N3O3S2.2ClH/c1-26(22,23)8-9(19)5-12-14(18)15-16(25-12)11(6-13(17)21-15)20-7-10-3-2-4-24-10;;/h2-4,6,9H,5,7-8,19H2,1H3,(H,20,21);2*1H/t9-;;/m1../s1. The highest BCUT2D eigenvalue weighted by Crippen LogP contribution is 2.40. The summed E-state index contributed by atoms with van der Waals surface area (Å²) in [6.07, 6.45) is 3.12. The fourth-order valence-electron chi connectivity index (χ4n) is 2.60. The molecule has 0 aliphatic heterocycles. The third-order valence-corrected chi connectivity index (χ3v) is 6.60. The highest BCUT2D eigenvalue weighted by atomic mass is 35.5. The number of hydrogen-bond donors (Lipinski definition) is 2. The molecule has 0 fully saturated rings. The van der Waals surface area contributed by atoms with Crippen LogP contribution in [0, 0.1) is 0 Å². The highest BCUT2D eigenvalue weighted by molar-refractivity contribution is 7.90. The molecule has 0 aromatic carbocycles. The Morgan fingerprint density at radius 1 is 1.36 bits per heavy atom. The van der Waals surface area contributed by atoms with E-state index in [1.807, 2.05) is 12.1 Å². The van der Waals surface area contributed by atoms with Crippen molar-refractivity contribution >= 4 is 85.1 Å². The summed E-state index contributed by atoms with van der Waals surface area (Å²) in [5.41, 5.74) is 7.33. The van der Waals surface area contributed by atoms with Gasteiger partial charge in [-0.2, -0.15) is 0 Å². The van der Waals surface area contributed by atoms with Crippen molar-refractivity contribution in [2.45, 2.75) is 19.0 Å². The van der Waals surface area contributed by atoms with E-state index in [1.54, 1.807) is 12.3 Å². The predicted octanol–water partition coefficient (Wildman–Crippen LogP) is 4.57. The Bertz CT molecular complexity index is 1020. The van der Waals surface area contributed by atoms with Gasteiger partial charge in [0.15, 0.2) is 0 Å². The lowest BCUT2D eigenvalue weighted by molar-refractivity contribution is 0.518. The molecule has 3 heterocycles. The number of furan rings is 1. The third kappa shape index (κ3) is 6.38. The minimum atomic E-state index is -3.16. The molecule has 12 heteroatoms. The topological polar surface area (TPSA) is 98.2 Å². The summed E-state index contributed by atoms with van der Waals surface area (Å²) < 4.78 is 29.0. The number of rotatable bonds is 7. The molecule has 0 spiro atoms. The van der Waals surface area contributed by atoms with Crippen molar-refractivity contribution in [2.24, 2.45) is 5.73 Å². The molecule has 6 nitrogen and oxygen atoms in total. The normalized spacial score (nSPS) is 12.3. The van der Waals surface area contributed by atoms with Crippen LogP contribution in [0.4, 0.5) is 5.69 Å². The fourth-order valence-corrected chi connectivity index (χ4v) is 5.29. The van der Waals surface area contributed by atoms with Crippen molar-refractivity contribution < 1.29 is 12.8 Å². The molecular formula is C16H19Cl4N3O3S2. The molecule has 0 unspecified atom stereocenters. The second-order valence-corrected chi connectivity index (χ2v) is 10.1. The van der Waals surface area contributed by atoms with Crippen molar-refractivity contribution in [2.75, 3.05) is 17.3 Å². The molecule has 0 radical (unpaired) electrons. The van der Waals surface area contributed by atoms with E-state index in [0.717, 1.165) is 27.3 Å². The summed E-state index contributed by atoms with van der Waals surface area (Å²) in [7, 11) is -3.16. The molecule has 0 bridgehead atoms. The van der Waals surface area contributed by atoms with Crippen LogP contribution in [-0.4, -0.2) is 31.5 Å². The summed E-state index contributed by atoms with van der Waals surface area (Å²) in [5.74, 6) is 0.680. The lowest BCUT2D eigenvalue weighted by Gasteiger charge is -2.08. The molecule has 1 atom stereocenters. The van der Waals surface area contributed by atoms with Gasteiger partial charge in [0.05, 0.1) is 34.0 Å². The van der Waals surface area contributed by atoms with E-state index >= 15 is 0 Å². The molecule has 3 aromatic heterocycles. The second kappa shape index (κ2) is 10.3. The van der Waals surface area contributed by atoms with Crippen LogP contribution in [0.1, 0.15) is 10.6 Å². The molecule has 0 amide bonds. The van der Waals surface area contributed by atoms with Crippen LogP contribution in [0.5, 0.6) is 0 Å². The second-order valence-electron chi connectivity index (χ2n) is 6.00. The number of fused-ring (bicyclic) bond motifs is 1. The zero-order valence-corrected chi connectivity index (χ0v) is 19.4. The molecule has 0 saturated heterocycles. The molecule has 28 heavy (non-hydrogen) atoms. The highest BCUT2D eigenvalue weighted by Gasteiger charge is 2.20. The minimum absolute atomic E-state index is 0. The maximum Gasteiger partial charge on any atom is 0.148 e. The fraction of sp³-hybridized carbons (Fsp3) is 0.312. The van der Waals surface area contributed by atoms with E-state index in [0.29, 0.717) is 28.7 Å². The first kappa shape index (κ1) is 25.3. The molecule has 3 aromatic rings. The smallest absolute Gasteiger partial charge is 0.148 e. The van der Waals surface area contributed by atoms with Crippen LogP contribution in [0.25, 0.3) is 10.2 Å². The van der Waals surface area contributed by atoms with Gasteiger partial charge in [-0.15, -0.1) is 36.2 Å². The number of pyridine rings is 1. The Morgan fingerprint density at radius 3 is 2.68 bits per heavy atom. The minimum Gasteiger partial charge on any atom is -0.467 e. The molecule has 156 valence electrons. The van der Waals surface area contributed by atoms with Crippen molar-refractivity contribution in [1.82, 2.24) is 4.98 Å². The SMILES string of the molecule is CS(=O)(=O)C[C@H](N)Cc1sc2c(NCc3ccco3)cc(Cl)nc2c1Cl.Cl.Cl. The van der Waals surface area contributed by atoms with Gasteiger partial charge >= 0.3 is 0 Å². The number of aromatic nitrogens is 1. The Labute approximate surface area is 189 Å². The average molecular weight is 507 g/mol. The quantitative estimate of drug-likeness (QED) is 0.455. The van der Waals surface area contributed by atoms with Crippen LogP contribution in [0.3, 0.4) is 0 Å². The molecule has 3 N–H and O–H groups in total. The number of nitrogens with two attached hydrogens (primary N) is 1. The Kier molecular flexibility index (Phi) is 9.34. The first-order chi connectivity index (χ1) is 12.2. The van der Waals surface area contributed by atoms with E-state index in [4.69, 9.17) is 33.4 Å². The number of nitrogens with zero attached hydrogens (tertiary/aromatic N) is 1. The Hall–Kier alpha value is -0.740. The molecular weight excluding hydrogens is 488 g/mol. The summed E-state index contributed by atoms with van der Waals surface area (Å²) in [4.78, 5) is 5.09. The van der Waals surface area contributed by atoms with Crippen LogP contribution < -0.4 is 11.1 Å². The molecule has 0 aliphatic carbocycles. The van der Waals surface area contributed by atoms with E-state index < -0.39 is 15.9 Å². The van der Waals surface area contributed by atoms with Crippen LogP contribution >= 0.6 is 59.4 Å². The maximum absolute atomic E-state index is 11.4. The van der Waals surface area contributed by atoms with Gasteiger partial charge in [-0.3, -0.25) is 0 Å². The summed E-state index contributed by atoms with van der Waals surface area (Å²) in [6.45, 7) is 0.487. The number of anilines is 1. The van der Waals surface area contributed by atoms with E-state index in [9.17, 15) is 8.42 Å². The Balaban J connectivity index is 0.00000196. The van der Waals surface area contributed by atoms with Gasteiger partial charge in [-0.25, -0.2) is 13.4 Å². The van der Waals surface area contributed by atoms with Crippen molar-refractivity contribution in [3.63, 3.8) is 0 Å². The van der Waals surface area contributed by atoms with Crippen molar-refractivity contribution in [3.05, 3.63) is 45.3 Å². The van der Waals surface area contributed by atoms with Gasteiger partial charge in [0, 0.05) is 23.2 Å². The summed E-state index contributed by atoms with van der Waals surface area (Å²) in [6, 6.07) is 4.87. The Morgan fingerprint density at radius 2 is 2.07 bits per heavy atom. The lowest BCUT2D eigenvalue weighted by Crippen LogP contribution is -2.31. The lowest BCUT2D eigenvalue weighted by atomic mass is 10.2. The molecule has 3 rings (SSSR count). The van der Waals surface area contributed by atoms with Crippen LogP contribution in [-0.2, 0) is 22.8 Å². The van der Waals surface area contributed by atoms with Crippen molar-refractivity contribution in [3.8, 4) is 0 Å². The van der Waals surface area contributed by atoms with Gasteiger partial charge in [0.25, 0.3) is 0 Å². The van der Waals surface area contributed by atoms with Gasteiger partial charge in [0.1, 0.15) is 26.3 Å². The maximum atomic E-state index is 11.4. The van der Waals surface area contributed by atoms with E-state index in [1.165, 1.54) is 11.3 Å². The zero-order valence-electron chi connectivity index (χ0n) is 14.6. The number of halogens is 4. The predicted molar refractivity (Wildman–Crippen MR) is 122 cm³/mol. The first-order valence-corrected chi connectivity index (χ1v) is 11.3. The number of nitrogens with one attached hydrogen (secondary N) is 1. The van der Waals surface area contributed by atoms with Crippen LogP contribution in [0.15, 0.2) is 28.9 Å². The van der Waals surface area contributed by atoms with Gasteiger partial charge in [0.2, 0.25) is 0 Å². The molecule has 0 aliphatic rings. The number of hydrogen-bond acceptors (Lipinski definition) is 7. The van der Waals surface area contributed by atoms with Gasteiger partial charge < -0.3 is 15.5 Å². The largest absolute Gasteiger partial charge is 0.467 e. The monoisotopic (exact) mass is 505 g/mol.